The minimum atomic E-state index is -0.420. The maximum Gasteiger partial charge on any atom is 0.407 e. The molecule has 3 rings (SSSR count). The predicted octanol–water partition coefficient (Wildman–Crippen LogP) is 2.16. The van der Waals surface area contributed by atoms with Crippen molar-refractivity contribution in [2.45, 2.75) is 76.3 Å². The zero-order valence-electron chi connectivity index (χ0n) is 15.4. The number of hydrogen-bond acceptors (Lipinski definition) is 7. The predicted molar refractivity (Wildman–Crippen MR) is 95.8 cm³/mol. The molecule has 2 heterocycles. The Bertz CT molecular complexity index is 595. The Balaban J connectivity index is 1.50. The molecule has 0 spiro atoms. The van der Waals surface area contributed by atoms with Crippen LogP contribution < -0.4 is 10.6 Å². The van der Waals surface area contributed by atoms with E-state index in [0.717, 1.165) is 31.2 Å². The van der Waals surface area contributed by atoms with Crippen LogP contribution in [0.4, 0.5) is 10.7 Å². The van der Waals surface area contributed by atoms with E-state index in [0.29, 0.717) is 19.0 Å². The highest BCUT2D eigenvalue weighted by Gasteiger charge is 2.30. The van der Waals surface area contributed by atoms with E-state index in [2.05, 4.69) is 20.6 Å². The monoisotopic (exact) mass is 364 g/mol. The molecule has 2 fully saturated rings. The molecule has 1 aliphatic heterocycles. The minimum absolute atomic E-state index is 0.00887. The highest BCUT2D eigenvalue weighted by Crippen LogP contribution is 2.30. The molecular formula is C18H28N4O4. The molecule has 26 heavy (non-hydrogen) atoms. The molecule has 1 aliphatic carbocycles. The van der Waals surface area contributed by atoms with E-state index in [-0.39, 0.29) is 30.4 Å². The van der Waals surface area contributed by atoms with Crippen molar-refractivity contribution in [1.82, 2.24) is 15.3 Å². The van der Waals surface area contributed by atoms with Crippen LogP contribution in [0.15, 0.2) is 12.4 Å². The second-order valence-corrected chi connectivity index (χ2v) is 7.33. The van der Waals surface area contributed by atoms with Gasteiger partial charge in [0.2, 0.25) is 5.95 Å². The summed E-state index contributed by atoms with van der Waals surface area (Å²) in [5, 5.41) is 15.9. The number of hydrogen-bond donors (Lipinski definition) is 3. The van der Waals surface area contributed by atoms with Crippen molar-refractivity contribution in [3.05, 3.63) is 18.0 Å². The van der Waals surface area contributed by atoms with Crippen molar-refractivity contribution in [1.29, 1.82) is 0 Å². The van der Waals surface area contributed by atoms with Gasteiger partial charge < -0.3 is 25.2 Å². The molecule has 1 saturated carbocycles. The number of nitrogens with zero attached hydrogens (tertiary/aromatic N) is 2. The van der Waals surface area contributed by atoms with E-state index in [9.17, 15) is 9.90 Å². The molecule has 8 heteroatoms. The molecule has 0 aromatic carbocycles. The van der Waals surface area contributed by atoms with Crippen LogP contribution in [0, 0.1) is 0 Å². The lowest BCUT2D eigenvalue weighted by atomic mass is 9.93. The summed E-state index contributed by atoms with van der Waals surface area (Å²) >= 11 is 0. The van der Waals surface area contributed by atoms with E-state index < -0.39 is 6.09 Å². The molecule has 1 aromatic rings. The number of aromatic nitrogens is 2. The first-order valence-electron chi connectivity index (χ1n) is 9.36. The van der Waals surface area contributed by atoms with E-state index in [4.69, 9.17) is 9.47 Å². The van der Waals surface area contributed by atoms with Crippen LogP contribution in [0.3, 0.4) is 0 Å². The quantitative estimate of drug-likeness (QED) is 0.735. The number of carbonyl (C=O) groups excluding carboxylic acids is 1. The van der Waals surface area contributed by atoms with Gasteiger partial charge in [-0.25, -0.2) is 14.8 Å². The fourth-order valence-corrected chi connectivity index (χ4v) is 3.36. The van der Waals surface area contributed by atoms with E-state index in [1.165, 1.54) is 0 Å². The Hall–Kier alpha value is -1.93. The van der Waals surface area contributed by atoms with Gasteiger partial charge in [0.25, 0.3) is 0 Å². The maximum absolute atomic E-state index is 11.7. The Labute approximate surface area is 153 Å². The highest BCUT2D eigenvalue weighted by molar-refractivity contribution is 5.67. The molecule has 4 atom stereocenters. The van der Waals surface area contributed by atoms with Crippen LogP contribution in [-0.2, 0) is 9.47 Å². The van der Waals surface area contributed by atoms with Gasteiger partial charge in [-0.05, 0) is 26.7 Å². The van der Waals surface area contributed by atoms with Crippen LogP contribution in [0.1, 0.15) is 57.6 Å². The van der Waals surface area contributed by atoms with Crippen molar-refractivity contribution >= 4 is 12.0 Å². The van der Waals surface area contributed by atoms with E-state index in [1.807, 2.05) is 13.8 Å². The number of ether oxygens (including phenoxy) is 2. The molecule has 0 radical (unpaired) electrons. The first kappa shape index (κ1) is 18.8. The summed E-state index contributed by atoms with van der Waals surface area (Å²) in [6.45, 7) is 4.13. The van der Waals surface area contributed by atoms with Gasteiger partial charge in [-0.15, -0.1) is 0 Å². The number of amides is 1. The number of aliphatic hydroxyl groups is 1. The number of nitrogens with one attached hydrogen (secondary N) is 2. The van der Waals surface area contributed by atoms with E-state index in [1.54, 1.807) is 12.4 Å². The lowest BCUT2D eigenvalue weighted by molar-refractivity contribution is 0.0690. The molecule has 1 aromatic heterocycles. The third-order valence-electron chi connectivity index (χ3n) is 4.73. The second-order valence-electron chi connectivity index (χ2n) is 7.33. The molecule has 1 saturated heterocycles. The maximum atomic E-state index is 11.7. The van der Waals surface area contributed by atoms with Gasteiger partial charge in [-0.3, -0.25) is 0 Å². The van der Waals surface area contributed by atoms with Gasteiger partial charge in [0.05, 0.1) is 24.9 Å². The number of carbonyl (C=O) groups is 1. The molecule has 144 valence electrons. The molecule has 0 bridgehead atoms. The van der Waals surface area contributed by atoms with Crippen molar-refractivity contribution in [3.63, 3.8) is 0 Å². The molecule has 0 unspecified atom stereocenters. The van der Waals surface area contributed by atoms with Gasteiger partial charge in [0, 0.05) is 30.4 Å². The molecule has 3 N–H and O–H groups in total. The lowest BCUT2D eigenvalue weighted by Crippen LogP contribution is -2.36. The van der Waals surface area contributed by atoms with Crippen LogP contribution in [0.2, 0.25) is 0 Å². The Kier molecular flexibility index (Phi) is 6.26. The molecule has 8 nitrogen and oxygen atoms in total. The fourth-order valence-electron chi connectivity index (χ4n) is 3.36. The zero-order chi connectivity index (χ0) is 18.5. The largest absolute Gasteiger partial charge is 0.444 e. The average Bonchev–Trinajstić information content (AvgIpc) is 3.05. The first-order valence-corrected chi connectivity index (χ1v) is 9.36. The number of alkyl carbamates (subject to hydrolysis) is 1. The second kappa shape index (κ2) is 8.64. The van der Waals surface area contributed by atoms with Crippen LogP contribution in [-0.4, -0.2) is 52.1 Å². The van der Waals surface area contributed by atoms with E-state index >= 15 is 0 Å². The number of rotatable bonds is 5. The summed E-state index contributed by atoms with van der Waals surface area (Å²) in [5.74, 6) is 0.516. The third-order valence-corrected chi connectivity index (χ3v) is 4.73. The number of aliphatic hydroxyl groups excluding tert-OH is 1. The lowest BCUT2D eigenvalue weighted by Gasteiger charge is -2.28. The van der Waals surface area contributed by atoms with Gasteiger partial charge in [0.1, 0.15) is 6.10 Å². The summed E-state index contributed by atoms with van der Waals surface area (Å²) in [4.78, 5) is 20.4. The average molecular weight is 364 g/mol. The summed E-state index contributed by atoms with van der Waals surface area (Å²) in [7, 11) is 0. The highest BCUT2D eigenvalue weighted by atomic mass is 16.6. The van der Waals surface area contributed by atoms with Crippen molar-refractivity contribution < 1.29 is 19.4 Å². The zero-order valence-corrected chi connectivity index (χ0v) is 15.4. The standard InChI is InChI=1S/C18H28N4O4/c1-11(2)21-18(24)26-13-7-16(25-10-13)12-8-19-17(20-9-12)22-14-5-3-4-6-15(14)23/h8-9,11,13-16,23H,3-7,10H2,1-2H3,(H,21,24)(H,19,20,22)/t13-,14+,15+,16+/m0/s1. The summed E-state index contributed by atoms with van der Waals surface area (Å²) in [6.07, 6.45) is 6.74. The van der Waals surface area contributed by atoms with Gasteiger partial charge >= 0.3 is 6.09 Å². The Morgan fingerprint density at radius 3 is 2.73 bits per heavy atom. The SMILES string of the molecule is CC(C)NC(=O)O[C@@H]1CO[C@@H](c2cnc(N[C@@H]3CCCC[C@H]3O)nc2)C1. The normalized spacial score (nSPS) is 28.8. The summed E-state index contributed by atoms with van der Waals surface area (Å²) < 4.78 is 11.1. The van der Waals surface area contributed by atoms with Crippen molar-refractivity contribution in [2.24, 2.45) is 0 Å². The van der Waals surface area contributed by atoms with Gasteiger partial charge in [-0.2, -0.15) is 0 Å². The Morgan fingerprint density at radius 2 is 2.04 bits per heavy atom. The smallest absolute Gasteiger partial charge is 0.407 e. The van der Waals surface area contributed by atoms with Crippen LogP contribution >= 0.6 is 0 Å². The molecule has 1 amide bonds. The summed E-state index contributed by atoms with van der Waals surface area (Å²) in [5.41, 5.74) is 0.857. The van der Waals surface area contributed by atoms with Gasteiger partial charge in [-0.1, -0.05) is 12.8 Å². The molecule has 2 aliphatic rings. The van der Waals surface area contributed by atoms with Crippen molar-refractivity contribution in [3.8, 4) is 0 Å². The fraction of sp³-hybridized carbons (Fsp3) is 0.722. The molecular weight excluding hydrogens is 336 g/mol. The first-order chi connectivity index (χ1) is 12.5. The Morgan fingerprint density at radius 1 is 1.31 bits per heavy atom. The van der Waals surface area contributed by atoms with Gasteiger partial charge in [0.15, 0.2) is 0 Å². The topological polar surface area (TPSA) is 106 Å². The van der Waals surface area contributed by atoms with Crippen LogP contribution in [0.25, 0.3) is 0 Å². The minimum Gasteiger partial charge on any atom is -0.444 e. The third kappa shape index (κ3) is 5.04. The van der Waals surface area contributed by atoms with Crippen LogP contribution in [0.5, 0.6) is 0 Å². The number of anilines is 1. The summed E-state index contributed by atoms with van der Waals surface area (Å²) in [6, 6.07) is 0.0475. The van der Waals surface area contributed by atoms with Crippen molar-refractivity contribution in [2.75, 3.05) is 11.9 Å².